The topological polar surface area (TPSA) is 116 Å². The van der Waals surface area contributed by atoms with Crippen LogP contribution >= 0.6 is 0 Å². The highest BCUT2D eigenvalue weighted by Gasteiger charge is 2.52. The van der Waals surface area contributed by atoms with E-state index in [2.05, 4.69) is 10.5 Å². The van der Waals surface area contributed by atoms with E-state index in [0.29, 0.717) is 50.3 Å². The van der Waals surface area contributed by atoms with Gasteiger partial charge in [-0.3, -0.25) is 19.4 Å². The summed E-state index contributed by atoms with van der Waals surface area (Å²) in [4.78, 5) is 30.7. The Labute approximate surface area is 205 Å². The van der Waals surface area contributed by atoms with Gasteiger partial charge in [0.2, 0.25) is 15.9 Å². The van der Waals surface area contributed by atoms with Crippen LogP contribution in [0, 0.1) is 13.8 Å². The monoisotopic (exact) mass is 501 g/mol. The van der Waals surface area contributed by atoms with Crippen LogP contribution in [-0.2, 0) is 19.6 Å². The Morgan fingerprint density at radius 1 is 1.09 bits per heavy atom. The van der Waals surface area contributed by atoms with Crippen LogP contribution in [0.1, 0.15) is 43.6 Å². The number of para-hydroxylation sites is 2. The van der Waals surface area contributed by atoms with Crippen LogP contribution in [0.5, 0.6) is 0 Å². The van der Waals surface area contributed by atoms with Crippen LogP contribution in [-0.4, -0.2) is 72.9 Å². The van der Waals surface area contributed by atoms with E-state index in [1.54, 1.807) is 18.7 Å². The highest BCUT2D eigenvalue weighted by Crippen LogP contribution is 2.45. The number of hydrogen-bond acceptors (Lipinski definition) is 7. The van der Waals surface area contributed by atoms with Gasteiger partial charge in [0, 0.05) is 19.6 Å². The number of sulfonamides is 1. The molecular weight excluding hydrogens is 470 g/mol. The van der Waals surface area contributed by atoms with Crippen molar-refractivity contribution >= 4 is 33.2 Å². The molecule has 3 aliphatic rings. The molecule has 2 aromatic rings. The zero-order chi connectivity index (χ0) is 24.8. The van der Waals surface area contributed by atoms with Crippen molar-refractivity contribution in [2.75, 3.05) is 42.9 Å². The molecule has 1 aliphatic carbocycles. The zero-order valence-corrected chi connectivity index (χ0v) is 20.9. The van der Waals surface area contributed by atoms with Crippen molar-refractivity contribution in [1.82, 2.24) is 14.4 Å². The molecule has 0 bridgehead atoms. The first-order valence-corrected chi connectivity index (χ1v) is 13.6. The van der Waals surface area contributed by atoms with Crippen molar-refractivity contribution in [3.63, 3.8) is 0 Å². The standard InChI is InChI=1S/C24H31N5O5S/c1-17-22(18(2)34-26-17)35(32,33)28-13-7-12-27(14-15-28)16-21(30)29-20-9-4-3-8-19(20)25-23(31)24(29)10-5-6-11-24/h3-4,8-9H,5-7,10-16H2,1-2H3,(H,25,31). The lowest BCUT2D eigenvalue weighted by atomic mass is 9.89. The summed E-state index contributed by atoms with van der Waals surface area (Å²) in [6.07, 6.45) is 3.68. The van der Waals surface area contributed by atoms with Crippen LogP contribution in [0.4, 0.5) is 11.4 Å². The number of nitrogens with zero attached hydrogens (tertiary/aromatic N) is 4. The highest BCUT2D eigenvalue weighted by atomic mass is 32.2. The number of hydrogen-bond donors (Lipinski definition) is 1. The fourth-order valence-electron chi connectivity index (χ4n) is 5.71. The number of anilines is 2. The average Bonchev–Trinajstić information content (AvgIpc) is 3.35. The molecule has 0 unspecified atom stereocenters. The van der Waals surface area contributed by atoms with Crippen molar-refractivity contribution in [2.24, 2.45) is 0 Å². The first kappa shape index (κ1) is 24.0. The van der Waals surface area contributed by atoms with Crippen molar-refractivity contribution in [3.05, 3.63) is 35.7 Å². The van der Waals surface area contributed by atoms with E-state index in [4.69, 9.17) is 4.52 Å². The summed E-state index contributed by atoms with van der Waals surface area (Å²) in [6.45, 7) is 4.98. The Bertz CT molecular complexity index is 1230. The molecule has 1 saturated carbocycles. The van der Waals surface area contributed by atoms with E-state index in [1.165, 1.54) is 4.31 Å². The van der Waals surface area contributed by atoms with Crippen LogP contribution < -0.4 is 10.2 Å². The molecule has 1 aromatic carbocycles. The van der Waals surface area contributed by atoms with E-state index in [9.17, 15) is 18.0 Å². The Morgan fingerprint density at radius 3 is 2.54 bits per heavy atom. The molecule has 5 rings (SSSR count). The van der Waals surface area contributed by atoms with Gasteiger partial charge in [-0.15, -0.1) is 0 Å². The van der Waals surface area contributed by atoms with Gasteiger partial charge in [0.05, 0.1) is 17.9 Å². The van der Waals surface area contributed by atoms with Crippen LogP contribution in [0.25, 0.3) is 0 Å². The molecule has 188 valence electrons. The summed E-state index contributed by atoms with van der Waals surface area (Å²) in [5.41, 5.74) is 0.880. The maximum atomic E-state index is 13.8. The lowest BCUT2D eigenvalue weighted by molar-refractivity contribution is -0.128. The largest absolute Gasteiger partial charge is 0.360 e. The Morgan fingerprint density at radius 2 is 1.83 bits per heavy atom. The van der Waals surface area contributed by atoms with Gasteiger partial charge < -0.3 is 9.84 Å². The third-order valence-corrected chi connectivity index (χ3v) is 9.54. The lowest BCUT2D eigenvalue weighted by Gasteiger charge is -2.45. The second-order valence-corrected chi connectivity index (χ2v) is 11.5. The third kappa shape index (κ3) is 4.05. The van der Waals surface area contributed by atoms with Crippen LogP contribution in [0.15, 0.2) is 33.7 Å². The molecule has 11 heteroatoms. The second kappa shape index (κ2) is 9.03. The minimum Gasteiger partial charge on any atom is -0.360 e. The fourth-order valence-corrected chi connectivity index (χ4v) is 7.47. The fraction of sp³-hybridized carbons (Fsp3) is 0.542. The SMILES string of the molecule is Cc1noc(C)c1S(=O)(=O)N1CCCN(CC(=O)N2c3ccccc3NC(=O)C23CCCC3)CC1. The summed E-state index contributed by atoms with van der Waals surface area (Å²) in [5.74, 6) is 0.0357. The van der Waals surface area contributed by atoms with Crippen molar-refractivity contribution < 1.29 is 22.5 Å². The zero-order valence-electron chi connectivity index (χ0n) is 20.1. The quantitative estimate of drug-likeness (QED) is 0.683. The van der Waals surface area contributed by atoms with Gasteiger partial charge in [-0.25, -0.2) is 8.42 Å². The first-order valence-electron chi connectivity index (χ1n) is 12.1. The second-order valence-electron chi connectivity index (χ2n) is 9.63. The number of aromatic nitrogens is 1. The highest BCUT2D eigenvalue weighted by molar-refractivity contribution is 7.89. The van der Waals surface area contributed by atoms with E-state index in [1.807, 2.05) is 29.2 Å². The van der Waals surface area contributed by atoms with Gasteiger partial charge in [-0.2, -0.15) is 4.31 Å². The average molecular weight is 502 g/mol. The van der Waals surface area contributed by atoms with E-state index < -0.39 is 15.6 Å². The molecule has 3 heterocycles. The van der Waals surface area contributed by atoms with Gasteiger partial charge in [-0.1, -0.05) is 30.1 Å². The molecule has 1 saturated heterocycles. The van der Waals surface area contributed by atoms with Crippen molar-refractivity contribution in [1.29, 1.82) is 0 Å². The number of amides is 2. The molecule has 0 atom stereocenters. The molecule has 2 aliphatic heterocycles. The van der Waals surface area contributed by atoms with Crippen molar-refractivity contribution in [2.45, 2.75) is 56.4 Å². The number of carbonyl (C=O) groups excluding carboxylic acids is 2. The summed E-state index contributed by atoms with van der Waals surface area (Å²) in [7, 11) is -3.74. The van der Waals surface area contributed by atoms with Gasteiger partial charge in [0.25, 0.3) is 5.91 Å². The van der Waals surface area contributed by atoms with E-state index >= 15 is 0 Å². The Hall–Kier alpha value is -2.76. The molecule has 0 radical (unpaired) electrons. The lowest BCUT2D eigenvalue weighted by Crippen LogP contribution is -2.62. The maximum Gasteiger partial charge on any atom is 0.250 e. The van der Waals surface area contributed by atoms with Crippen molar-refractivity contribution in [3.8, 4) is 0 Å². The van der Waals surface area contributed by atoms with E-state index in [0.717, 1.165) is 18.5 Å². The Balaban J connectivity index is 1.34. The number of rotatable bonds is 4. The molecule has 2 fully saturated rings. The summed E-state index contributed by atoms with van der Waals surface area (Å²) in [6, 6.07) is 7.42. The van der Waals surface area contributed by atoms with Gasteiger partial charge in [0.15, 0.2) is 5.76 Å². The first-order chi connectivity index (χ1) is 16.7. The maximum absolute atomic E-state index is 13.8. The molecule has 35 heavy (non-hydrogen) atoms. The Kier molecular flexibility index (Phi) is 6.18. The summed E-state index contributed by atoms with van der Waals surface area (Å²) >= 11 is 0. The van der Waals surface area contributed by atoms with Crippen LogP contribution in [0.3, 0.4) is 0 Å². The number of nitrogens with one attached hydrogen (secondary N) is 1. The number of benzene rings is 1. The predicted molar refractivity (Wildman–Crippen MR) is 130 cm³/mol. The number of carbonyl (C=O) groups is 2. The molecule has 1 aromatic heterocycles. The van der Waals surface area contributed by atoms with E-state index in [-0.39, 0.29) is 35.6 Å². The van der Waals surface area contributed by atoms with Crippen LogP contribution in [0.2, 0.25) is 0 Å². The van der Waals surface area contributed by atoms with Gasteiger partial charge >= 0.3 is 0 Å². The molecule has 2 amide bonds. The minimum atomic E-state index is -3.74. The van der Waals surface area contributed by atoms with Gasteiger partial charge in [0.1, 0.15) is 16.1 Å². The van der Waals surface area contributed by atoms with Gasteiger partial charge in [-0.05, 0) is 51.8 Å². The molecular formula is C24H31N5O5S. The third-order valence-electron chi connectivity index (χ3n) is 7.40. The minimum absolute atomic E-state index is 0.116. The number of fused-ring (bicyclic) bond motifs is 1. The normalized spacial score (nSPS) is 21.1. The smallest absolute Gasteiger partial charge is 0.250 e. The molecule has 10 nitrogen and oxygen atoms in total. The predicted octanol–water partition coefficient (Wildman–Crippen LogP) is 2.29. The summed E-state index contributed by atoms with van der Waals surface area (Å²) < 4.78 is 33.0. The molecule has 1 spiro atoms. The molecule has 1 N–H and O–H groups in total. The number of aryl methyl sites for hydroxylation is 2. The summed E-state index contributed by atoms with van der Waals surface area (Å²) in [5, 5.41) is 6.80.